The average Bonchev–Trinajstić information content (AvgIpc) is 2.51. The maximum absolute atomic E-state index is 5.24. The van der Waals surface area contributed by atoms with Crippen molar-refractivity contribution in [1.82, 2.24) is 5.32 Å². The Morgan fingerprint density at radius 3 is 2.83 bits per heavy atom. The highest BCUT2D eigenvalue weighted by molar-refractivity contribution is 5.23. The van der Waals surface area contributed by atoms with Crippen LogP contribution in [0, 0.1) is 0 Å². The van der Waals surface area contributed by atoms with Crippen LogP contribution in [-0.2, 0) is 4.74 Å². The molecule has 1 unspecified atom stereocenters. The van der Waals surface area contributed by atoms with E-state index in [0.29, 0.717) is 6.04 Å². The van der Waals surface area contributed by atoms with E-state index in [4.69, 9.17) is 4.74 Å². The van der Waals surface area contributed by atoms with Crippen LogP contribution in [0.4, 0.5) is 0 Å². The minimum absolute atomic E-state index is 0.515. The normalized spacial score (nSPS) is 22.6. The van der Waals surface area contributed by atoms with Crippen molar-refractivity contribution in [1.29, 1.82) is 0 Å². The molecule has 2 heteroatoms. The minimum Gasteiger partial charge on any atom is -0.380 e. The van der Waals surface area contributed by atoms with E-state index >= 15 is 0 Å². The number of hydrogen-bond donors (Lipinski definition) is 1. The molecule has 68 valence electrons. The van der Waals surface area contributed by atoms with Crippen LogP contribution >= 0.6 is 0 Å². The molecule has 1 aliphatic rings. The zero-order chi connectivity index (χ0) is 8.97. The lowest BCUT2D eigenvalue weighted by Gasteiger charge is -2.11. The average molecular weight is 167 g/mol. The third-order valence-electron chi connectivity index (χ3n) is 2.14. The molecule has 0 aromatic carbocycles. The molecule has 1 heterocycles. The van der Waals surface area contributed by atoms with Crippen LogP contribution < -0.4 is 5.32 Å². The van der Waals surface area contributed by atoms with Crippen molar-refractivity contribution >= 4 is 0 Å². The number of rotatable bonds is 4. The van der Waals surface area contributed by atoms with Crippen LogP contribution in [0.3, 0.4) is 0 Å². The highest BCUT2D eigenvalue weighted by Gasteiger charge is 2.14. The minimum atomic E-state index is 0.515. The van der Waals surface area contributed by atoms with Gasteiger partial charge in [0.05, 0.1) is 6.61 Å². The van der Waals surface area contributed by atoms with E-state index in [1.54, 1.807) is 0 Å². The predicted octanol–water partition coefficient (Wildman–Crippen LogP) is 1.50. The molecule has 0 amide bonds. The van der Waals surface area contributed by atoms with Crippen LogP contribution in [0.5, 0.6) is 0 Å². The summed E-state index contributed by atoms with van der Waals surface area (Å²) in [6.45, 7) is 12.3. The summed E-state index contributed by atoms with van der Waals surface area (Å²) in [5.41, 5.74) is 2.14. The summed E-state index contributed by atoms with van der Waals surface area (Å²) in [5, 5.41) is 3.38. The first-order valence-corrected chi connectivity index (χ1v) is 4.35. The Morgan fingerprint density at radius 1 is 1.58 bits per heavy atom. The summed E-state index contributed by atoms with van der Waals surface area (Å²) in [6, 6.07) is 0.515. The lowest BCUT2D eigenvalue weighted by Crippen LogP contribution is -2.30. The van der Waals surface area contributed by atoms with Gasteiger partial charge in [-0.3, -0.25) is 0 Å². The van der Waals surface area contributed by atoms with Crippen LogP contribution in [0.1, 0.15) is 13.3 Å². The van der Waals surface area contributed by atoms with Crippen LogP contribution in [-0.4, -0.2) is 25.8 Å². The molecule has 0 radical (unpaired) electrons. The van der Waals surface area contributed by atoms with Gasteiger partial charge in [0.25, 0.3) is 0 Å². The van der Waals surface area contributed by atoms with Gasteiger partial charge in [-0.05, 0) is 18.9 Å². The molecule has 1 aliphatic heterocycles. The largest absolute Gasteiger partial charge is 0.380 e. The van der Waals surface area contributed by atoms with Crippen molar-refractivity contribution in [3.8, 4) is 0 Å². The first-order chi connectivity index (χ1) is 5.70. The second-order valence-electron chi connectivity index (χ2n) is 3.33. The van der Waals surface area contributed by atoms with E-state index in [2.05, 4.69) is 18.5 Å². The first kappa shape index (κ1) is 9.49. The molecular formula is C10H17NO. The number of hydrogen-bond acceptors (Lipinski definition) is 2. The zero-order valence-corrected chi connectivity index (χ0v) is 7.73. The fourth-order valence-corrected chi connectivity index (χ4v) is 1.11. The Hall–Kier alpha value is -0.600. The summed E-state index contributed by atoms with van der Waals surface area (Å²) in [6.07, 6.45) is 1.11. The molecule has 0 spiro atoms. The van der Waals surface area contributed by atoms with Gasteiger partial charge in [-0.1, -0.05) is 18.7 Å². The molecule has 1 atom stereocenters. The third kappa shape index (κ3) is 2.80. The zero-order valence-electron chi connectivity index (χ0n) is 7.73. The van der Waals surface area contributed by atoms with Crippen molar-refractivity contribution in [2.45, 2.75) is 19.4 Å². The Bertz CT molecular complexity index is 180. The fraction of sp³-hybridized carbons (Fsp3) is 0.600. The molecule has 1 rings (SSSR count). The maximum atomic E-state index is 5.24. The van der Waals surface area contributed by atoms with Gasteiger partial charge in [0, 0.05) is 19.2 Å². The molecule has 0 aromatic heterocycles. The standard InChI is InChI=1S/C10H17NO/c1-8(2)9(3)6-11-10-4-5-12-7-10/h10-11H,1,3-7H2,2H3. The fourth-order valence-electron chi connectivity index (χ4n) is 1.11. The van der Waals surface area contributed by atoms with E-state index in [1.807, 2.05) is 6.92 Å². The molecular weight excluding hydrogens is 150 g/mol. The summed E-state index contributed by atoms with van der Waals surface area (Å²) >= 11 is 0. The molecule has 1 N–H and O–H groups in total. The maximum Gasteiger partial charge on any atom is 0.0620 e. The number of nitrogens with one attached hydrogen (secondary N) is 1. The summed E-state index contributed by atoms with van der Waals surface area (Å²) in [5.74, 6) is 0. The van der Waals surface area contributed by atoms with Crippen LogP contribution in [0.15, 0.2) is 24.3 Å². The molecule has 0 bridgehead atoms. The van der Waals surface area contributed by atoms with Crippen LogP contribution in [0.25, 0.3) is 0 Å². The van der Waals surface area contributed by atoms with Gasteiger partial charge in [0.15, 0.2) is 0 Å². The lowest BCUT2D eigenvalue weighted by molar-refractivity contribution is 0.190. The Kier molecular flexibility index (Phi) is 3.50. The number of ether oxygens (including phenoxy) is 1. The highest BCUT2D eigenvalue weighted by Crippen LogP contribution is 2.06. The smallest absolute Gasteiger partial charge is 0.0620 e. The van der Waals surface area contributed by atoms with E-state index in [-0.39, 0.29) is 0 Å². The summed E-state index contributed by atoms with van der Waals surface area (Å²) in [4.78, 5) is 0. The molecule has 1 saturated heterocycles. The Morgan fingerprint density at radius 2 is 2.33 bits per heavy atom. The van der Waals surface area contributed by atoms with Gasteiger partial charge in [0.2, 0.25) is 0 Å². The van der Waals surface area contributed by atoms with Gasteiger partial charge >= 0.3 is 0 Å². The van der Waals surface area contributed by atoms with Gasteiger partial charge in [-0.2, -0.15) is 0 Å². The van der Waals surface area contributed by atoms with Crippen molar-refractivity contribution in [3.05, 3.63) is 24.3 Å². The highest BCUT2D eigenvalue weighted by atomic mass is 16.5. The Balaban J connectivity index is 2.16. The monoisotopic (exact) mass is 167 g/mol. The molecule has 2 nitrogen and oxygen atoms in total. The van der Waals surface area contributed by atoms with Crippen LogP contribution in [0.2, 0.25) is 0 Å². The van der Waals surface area contributed by atoms with Gasteiger partial charge in [0.1, 0.15) is 0 Å². The van der Waals surface area contributed by atoms with E-state index in [0.717, 1.165) is 37.3 Å². The molecule has 1 fully saturated rings. The second kappa shape index (κ2) is 4.43. The Labute approximate surface area is 74.3 Å². The molecule has 0 saturated carbocycles. The van der Waals surface area contributed by atoms with Gasteiger partial charge < -0.3 is 10.1 Å². The van der Waals surface area contributed by atoms with Crippen molar-refractivity contribution < 1.29 is 4.74 Å². The predicted molar refractivity (Wildman–Crippen MR) is 51.2 cm³/mol. The molecule has 0 aliphatic carbocycles. The second-order valence-corrected chi connectivity index (χ2v) is 3.33. The van der Waals surface area contributed by atoms with Crippen molar-refractivity contribution in [3.63, 3.8) is 0 Å². The van der Waals surface area contributed by atoms with Crippen molar-refractivity contribution in [2.75, 3.05) is 19.8 Å². The lowest BCUT2D eigenvalue weighted by atomic mass is 10.1. The quantitative estimate of drug-likeness (QED) is 0.641. The van der Waals surface area contributed by atoms with E-state index in [1.165, 1.54) is 0 Å². The van der Waals surface area contributed by atoms with Gasteiger partial charge in [-0.15, -0.1) is 0 Å². The summed E-state index contributed by atoms with van der Waals surface area (Å²) in [7, 11) is 0. The van der Waals surface area contributed by atoms with E-state index < -0.39 is 0 Å². The van der Waals surface area contributed by atoms with Gasteiger partial charge in [-0.25, -0.2) is 0 Å². The SMILES string of the molecule is C=C(C)C(=C)CNC1CCOC1. The third-order valence-corrected chi connectivity index (χ3v) is 2.14. The van der Waals surface area contributed by atoms with E-state index in [9.17, 15) is 0 Å². The topological polar surface area (TPSA) is 21.3 Å². The summed E-state index contributed by atoms with van der Waals surface area (Å²) < 4.78 is 5.24. The molecule has 12 heavy (non-hydrogen) atoms. The van der Waals surface area contributed by atoms with Crippen molar-refractivity contribution in [2.24, 2.45) is 0 Å². The molecule has 0 aromatic rings. The first-order valence-electron chi connectivity index (χ1n) is 4.35.